The van der Waals surface area contributed by atoms with Gasteiger partial charge in [0.1, 0.15) is 0 Å². The lowest BCUT2D eigenvalue weighted by atomic mass is 9.84. The molecule has 0 amide bonds. The summed E-state index contributed by atoms with van der Waals surface area (Å²) in [5.41, 5.74) is 14.6. The Labute approximate surface area is 346 Å². The Morgan fingerprint density at radius 2 is 0.600 bits per heavy atom. The average Bonchev–Trinajstić information content (AvgIpc) is 3.84. The molecule has 0 spiro atoms. The molecule has 0 aliphatic carbocycles. The minimum atomic E-state index is 1.16. The number of hydrogen-bond acceptors (Lipinski definition) is 0. The summed E-state index contributed by atoms with van der Waals surface area (Å²) in [6.07, 6.45) is 0. The molecule has 13 aromatic rings. The Morgan fingerprint density at radius 1 is 0.233 bits per heavy atom. The van der Waals surface area contributed by atoms with E-state index in [0.29, 0.717) is 0 Å². The van der Waals surface area contributed by atoms with Crippen molar-refractivity contribution in [3.8, 4) is 44.8 Å². The van der Waals surface area contributed by atoms with E-state index in [9.17, 15) is 0 Å². The molecular weight excluding hydrogens is 725 g/mol. The molecule has 2 heteroatoms. The highest BCUT2D eigenvalue weighted by Crippen LogP contribution is 2.46. The summed E-state index contributed by atoms with van der Waals surface area (Å²) in [6, 6.07) is 80.5. The standard InChI is InChI=1S/C58H36N2/c1-2-12-37(13-3-1)51-36-52(39-24-30-42(31-25-39)60-55-20-10-6-16-46(55)47-17-7-11-21-56(47)60)49-33-27-40-26-32-43(48-34-35-50(51)58(49)57(40)48)38-22-28-41(29-23-38)59-53-18-8-4-14-44(53)45-15-5-9-19-54(45)59/h1-36H. The van der Waals surface area contributed by atoms with Crippen molar-refractivity contribution in [2.75, 3.05) is 0 Å². The predicted molar refractivity (Wildman–Crippen MR) is 255 cm³/mol. The molecule has 0 aliphatic rings. The first-order chi connectivity index (χ1) is 29.8. The minimum Gasteiger partial charge on any atom is -0.309 e. The first-order valence-electron chi connectivity index (χ1n) is 20.8. The van der Waals surface area contributed by atoms with Crippen molar-refractivity contribution in [2.45, 2.75) is 0 Å². The Hall–Kier alpha value is -7.94. The van der Waals surface area contributed by atoms with Gasteiger partial charge in [-0.1, -0.05) is 164 Å². The second kappa shape index (κ2) is 12.8. The van der Waals surface area contributed by atoms with Gasteiger partial charge in [-0.05, 0) is 120 Å². The summed E-state index contributed by atoms with van der Waals surface area (Å²) in [5.74, 6) is 0. The lowest BCUT2D eigenvalue weighted by molar-refractivity contribution is 1.18. The number of aromatic nitrogens is 2. The molecule has 0 bridgehead atoms. The molecular formula is C58H36N2. The van der Waals surface area contributed by atoms with Crippen molar-refractivity contribution in [1.29, 1.82) is 0 Å². The lowest BCUT2D eigenvalue weighted by Crippen LogP contribution is -1.95. The summed E-state index contributed by atoms with van der Waals surface area (Å²) < 4.78 is 4.78. The molecule has 11 aromatic carbocycles. The van der Waals surface area contributed by atoms with E-state index < -0.39 is 0 Å². The normalized spacial score (nSPS) is 12.0. The number of para-hydroxylation sites is 4. The van der Waals surface area contributed by atoms with Crippen molar-refractivity contribution >= 4 is 75.9 Å². The topological polar surface area (TPSA) is 9.86 Å². The van der Waals surface area contributed by atoms with Gasteiger partial charge in [-0.15, -0.1) is 0 Å². The maximum atomic E-state index is 2.42. The van der Waals surface area contributed by atoms with E-state index in [0.717, 1.165) is 11.4 Å². The van der Waals surface area contributed by atoms with Crippen LogP contribution in [0.25, 0.3) is 121 Å². The van der Waals surface area contributed by atoms with Gasteiger partial charge in [-0.3, -0.25) is 0 Å². The van der Waals surface area contributed by atoms with Gasteiger partial charge in [-0.2, -0.15) is 0 Å². The van der Waals surface area contributed by atoms with Crippen LogP contribution in [0.4, 0.5) is 0 Å². The molecule has 2 aromatic heterocycles. The molecule has 2 nitrogen and oxygen atoms in total. The molecule has 0 unspecified atom stereocenters. The van der Waals surface area contributed by atoms with Crippen LogP contribution < -0.4 is 0 Å². The van der Waals surface area contributed by atoms with Crippen molar-refractivity contribution < 1.29 is 0 Å². The number of nitrogens with zero attached hydrogens (tertiary/aromatic N) is 2. The lowest BCUT2D eigenvalue weighted by Gasteiger charge is -2.20. The molecule has 0 saturated carbocycles. The van der Waals surface area contributed by atoms with Gasteiger partial charge in [0.15, 0.2) is 0 Å². The summed E-state index contributed by atoms with van der Waals surface area (Å²) in [6.45, 7) is 0. The fourth-order valence-corrected chi connectivity index (χ4v) is 10.2. The van der Waals surface area contributed by atoms with Gasteiger partial charge in [-0.25, -0.2) is 0 Å². The smallest absolute Gasteiger partial charge is 0.0541 e. The monoisotopic (exact) mass is 760 g/mol. The molecule has 0 atom stereocenters. The van der Waals surface area contributed by atoms with Gasteiger partial charge in [0.25, 0.3) is 0 Å². The van der Waals surface area contributed by atoms with Crippen LogP contribution in [-0.4, -0.2) is 9.13 Å². The number of fused-ring (bicyclic) bond motifs is 6. The SMILES string of the molecule is c1ccc(-c2cc(-c3ccc(-n4c5ccccc5c5ccccc54)cc3)c3ccc4ccc(-c5ccc(-n6c7ccccc7c7ccccc76)cc5)c5ccc2c3c45)cc1. The largest absolute Gasteiger partial charge is 0.309 e. The van der Waals surface area contributed by atoms with E-state index in [1.807, 2.05) is 0 Å². The van der Waals surface area contributed by atoms with Gasteiger partial charge in [0.2, 0.25) is 0 Å². The maximum absolute atomic E-state index is 2.42. The first kappa shape index (κ1) is 33.1. The van der Waals surface area contributed by atoms with E-state index in [2.05, 4.69) is 228 Å². The average molecular weight is 761 g/mol. The van der Waals surface area contributed by atoms with Crippen LogP contribution in [0.3, 0.4) is 0 Å². The quantitative estimate of drug-likeness (QED) is 0.155. The Kier molecular flexibility index (Phi) is 7.05. The molecule has 60 heavy (non-hydrogen) atoms. The van der Waals surface area contributed by atoms with Crippen molar-refractivity contribution in [3.63, 3.8) is 0 Å². The highest BCUT2D eigenvalue weighted by molar-refractivity contribution is 6.30. The molecule has 0 aliphatic heterocycles. The number of hydrogen-bond donors (Lipinski definition) is 0. The number of rotatable bonds is 5. The van der Waals surface area contributed by atoms with Crippen LogP contribution in [-0.2, 0) is 0 Å². The van der Waals surface area contributed by atoms with Crippen molar-refractivity contribution in [1.82, 2.24) is 9.13 Å². The minimum absolute atomic E-state index is 1.16. The summed E-state index contributed by atoms with van der Waals surface area (Å²) in [4.78, 5) is 0. The molecule has 0 N–H and O–H groups in total. The molecule has 0 radical (unpaired) electrons. The van der Waals surface area contributed by atoms with E-state index in [1.54, 1.807) is 0 Å². The Bertz CT molecular complexity index is 3690. The fraction of sp³-hybridized carbons (Fsp3) is 0. The second-order valence-corrected chi connectivity index (χ2v) is 16.0. The van der Waals surface area contributed by atoms with Crippen molar-refractivity contribution in [3.05, 3.63) is 218 Å². The summed E-state index contributed by atoms with van der Waals surface area (Å²) >= 11 is 0. The van der Waals surface area contributed by atoms with E-state index in [-0.39, 0.29) is 0 Å². The zero-order chi connectivity index (χ0) is 39.3. The van der Waals surface area contributed by atoms with E-state index in [1.165, 1.54) is 109 Å². The first-order valence-corrected chi connectivity index (χ1v) is 20.8. The van der Waals surface area contributed by atoms with Crippen LogP contribution in [0.2, 0.25) is 0 Å². The van der Waals surface area contributed by atoms with Crippen LogP contribution in [0, 0.1) is 0 Å². The van der Waals surface area contributed by atoms with Gasteiger partial charge >= 0.3 is 0 Å². The Balaban J connectivity index is 0.990. The van der Waals surface area contributed by atoms with Gasteiger partial charge in [0.05, 0.1) is 22.1 Å². The van der Waals surface area contributed by atoms with Crippen LogP contribution in [0.5, 0.6) is 0 Å². The van der Waals surface area contributed by atoms with E-state index in [4.69, 9.17) is 0 Å². The molecule has 2 heterocycles. The molecule has 0 saturated heterocycles. The van der Waals surface area contributed by atoms with Gasteiger partial charge in [0, 0.05) is 32.9 Å². The number of benzene rings is 11. The third-order valence-corrected chi connectivity index (χ3v) is 12.9. The molecule has 278 valence electrons. The second-order valence-electron chi connectivity index (χ2n) is 16.0. The van der Waals surface area contributed by atoms with E-state index >= 15 is 0 Å². The Morgan fingerprint density at radius 3 is 1.08 bits per heavy atom. The predicted octanol–water partition coefficient (Wildman–Crippen LogP) is 15.8. The van der Waals surface area contributed by atoms with Crippen molar-refractivity contribution in [2.24, 2.45) is 0 Å². The fourth-order valence-electron chi connectivity index (χ4n) is 10.2. The highest BCUT2D eigenvalue weighted by atomic mass is 15.0. The summed E-state index contributed by atoms with van der Waals surface area (Å²) in [5, 5.41) is 12.8. The van der Waals surface area contributed by atoms with Crippen LogP contribution in [0.1, 0.15) is 0 Å². The highest BCUT2D eigenvalue weighted by Gasteiger charge is 2.20. The third kappa shape index (κ3) is 4.76. The van der Waals surface area contributed by atoms with Crippen LogP contribution >= 0.6 is 0 Å². The zero-order valence-electron chi connectivity index (χ0n) is 32.7. The maximum Gasteiger partial charge on any atom is 0.0541 e. The third-order valence-electron chi connectivity index (χ3n) is 12.9. The van der Waals surface area contributed by atoms with Gasteiger partial charge < -0.3 is 9.13 Å². The molecule has 13 rings (SSSR count). The van der Waals surface area contributed by atoms with Crippen LogP contribution in [0.15, 0.2) is 218 Å². The zero-order valence-corrected chi connectivity index (χ0v) is 32.7. The summed E-state index contributed by atoms with van der Waals surface area (Å²) in [7, 11) is 0. The molecule has 0 fully saturated rings.